The van der Waals surface area contributed by atoms with Gasteiger partial charge in [-0.05, 0) is 6.42 Å². The number of rotatable bonds is 3. The van der Waals surface area contributed by atoms with Crippen molar-refractivity contribution < 1.29 is 4.79 Å². The molecule has 0 spiro atoms. The van der Waals surface area contributed by atoms with Crippen molar-refractivity contribution in [2.75, 3.05) is 0 Å². The van der Waals surface area contributed by atoms with Gasteiger partial charge in [0, 0.05) is 16.5 Å². The van der Waals surface area contributed by atoms with Gasteiger partial charge in [0.2, 0.25) is 5.91 Å². The Hall–Kier alpha value is -0.900. The van der Waals surface area contributed by atoms with Gasteiger partial charge in [-0.2, -0.15) is 0 Å². The van der Waals surface area contributed by atoms with E-state index in [1.165, 1.54) is 4.88 Å². The summed E-state index contributed by atoms with van der Waals surface area (Å²) in [6, 6.07) is 0. The van der Waals surface area contributed by atoms with Gasteiger partial charge in [-0.15, -0.1) is 11.3 Å². The molecule has 1 aromatic rings. The van der Waals surface area contributed by atoms with E-state index in [1.807, 2.05) is 27.0 Å². The second-order valence-corrected chi connectivity index (χ2v) is 5.71. The van der Waals surface area contributed by atoms with Gasteiger partial charge in [0.15, 0.2) is 0 Å². The van der Waals surface area contributed by atoms with E-state index in [-0.39, 0.29) is 11.3 Å². The highest BCUT2D eigenvalue weighted by molar-refractivity contribution is 7.11. The molecule has 0 saturated heterocycles. The van der Waals surface area contributed by atoms with Crippen molar-refractivity contribution in [3.05, 3.63) is 16.1 Å². The van der Waals surface area contributed by atoms with Crippen molar-refractivity contribution in [1.29, 1.82) is 0 Å². The SMILES string of the molecule is CCc1cnc(CNC(=O)C(C)(C)C)s1. The molecule has 84 valence electrons. The van der Waals surface area contributed by atoms with E-state index in [1.54, 1.807) is 11.3 Å². The molecule has 1 N–H and O–H groups in total. The largest absolute Gasteiger partial charge is 0.349 e. The summed E-state index contributed by atoms with van der Waals surface area (Å²) in [4.78, 5) is 17.1. The van der Waals surface area contributed by atoms with E-state index in [4.69, 9.17) is 0 Å². The lowest BCUT2D eigenvalue weighted by molar-refractivity contribution is -0.128. The number of aryl methyl sites for hydroxylation is 1. The van der Waals surface area contributed by atoms with Gasteiger partial charge in [0.05, 0.1) is 6.54 Å². The van der Waals surface area contributed by atoms with Gasteiger partial charge in [0.25, 0.3) is 0 Å². The summed E-state index contributed by atoms with van der Waals surface area (Å²) in [5.74, 6) is 0.0655. The fourth-order valence-electron chi connectivity index (χ4n) is 1.01. The maximum atomic E-state index is 11.6. The highest BCUT2D eigenvalue weighted by Gasteiger charge is 2.20. The molecule has 0 bridgehead atoms. The maximum absolute atomic E-state index is 11.6. The van der Waals surface area contributed by atoms with Crippen molar-refractivity contribution in [1.82, 2.24) is 10.3 Å². The third kappa shape index (κ3) is 3.63. The molecular formula is C11H18N2OS. The molecule has 15 heavy (non-hydrogen) atoms. The van der Waals surface area contributed by atoms with Crippen LogP contribution in [0.5, 0.6) is 0 Å². The lowest BCUT2D eigenvalue weighted by Crippen LogP contribution is -2.34. The van der Waals surface area contributed by atoms with Crippen molar-refractivity contribution in [3.8, 4) is 0 Å². The van der Waals surface area contributed by atoms with Crippen molar-refractivity contribution in [2.24, 2.45) is 5.41 Å². The van der Waals surface area contributed by atoms with Crippen LogP contribution in [0.3, 0.4) is 0 Å². The van der Waals surface area contributed by atoms with E-state index in [2.05, 4.69) is 17.2 Å². The Bertz CT molecular complexity index is 339. The Morgan fingerprint density at radius 1 is 1.53 bits per heavy atom. The zero-order valence-corrected chi connectivity index (χ0v) is 10.6. The van der Waals surface area contributed by atoms with Gasteiger partial charge in [-0.25, -0.2) is 4.98 Å². The predicted octanol–water partition coefficient (Wildman–Crippen LogP) is 2.37. The first-order valence-corrected chi connectivity index (χ1v) is 5.97. The predicted molar refractivity (Wildman–Crippen MR) is 62.8 cm³/mol. The van der Waals surface area contributed by atoms with Gasteiger partial charge in [0.1, 0.15) is 5.01 Å². The first kappa shape index (κ1) is 12.2. The van der Waals surface area contributed by atoms with Crippen molar-refractivity contribution in [2.45, 2.75) is 40.7 Å². The molecule has 0 aliphatic heterocycles. The van der Waals surface area contributed by atoms with Crippen LogP contribution in [-0.2, 0) is 17.8 Å². The van der Waals surface area contributed by atoms with Crippen LogP contribution in [0, 0.1) is 5.41 Å². The number of amides is 1. The lowest BCUT2D eigenvalue weighted by Gasteiger charge is -2.16. The summed E-state index contributed by atoms with van der Waals surface area (Å²) in [6.45, 7) is 8.36. The highest BCUT2D eigenvalue weighted by atomic mass is 32.1. The zero-order chi connectivity index (χ0) is 11.5. The molecule has 0 unspecified atom stereocenters. The molecule has 1 heterocycles. The molecule has 0 aliphatic carbocycles. The minimum atomic E-state index is -0.329. The van der Waals surface area contributed by atoms with Gasteiger partial charge >= 0.3 is 0 Å². The number of carbonyl (C=O) groups excluding carboxylic acids is 1. The number of carbonyl (C=O) groups is 1. The zero-order valence-electron chi connectivity index (χ0n) is 9.76. The molecule has 0 radical (unpaired) electrons. The van der Waals surface area contributed by atoms with Gasteiger partial charge in [-0.3, -0.25) is 4.79 Å². The van der Waals surface area contributed by atoms with E-state index >= 15 is 0 Å². The molecule has 0 saturated carbocycles. The van der Waals surface area contributed by atoms with Crippen LogP contribution >= 0.6 is 11.3 Å². The minimum Gasteiger partial charge on any atom is -0.349 e. The topological polar surface area (TPSA) is 42.0 Å². The Morgan fingerprint density at radius 2 is 2.20 bits per heavy atom. The summed E-state index contributed by atoms with van der Waals surface area (Å²) in [5.41, 5.74) is -0.329. The molecule has 1 amide bonds. The van der Waals surface area contributed by atoms with Crippen LogP contribution in [-0.4, -0.2) is 10.9 Å². The average Bonchev–Trinajstić information content (AvgIpc) is 2.60. The first-order valence-electron chi connectivity index (χ1n) is 5.15. The average molecular weight is 226 g/mol. The van der Waals surface area contributed by atoms with Crippen LogP contribution in [0.15, 0.2) is 6.20 Å². The Kier molecular flexibility index (Phi) is 3.85. The smallest absolute Gasteiger partial charge is 0.225 e. The second-order valence-electron chi connectivity index (χ2n) is 4.51. The van der Waals surface area contributed by atoms with Gasteiger partial charge in [-0.1, -0.05) is 27.7 Å². The summed E-state index contributed by atoms with van der Waals surface area (Å²) in [6.07, 6.45) is 2.88. The van der Waals surface area contributed by atoms with E-state index in [0.29, 0.717) is 6.54 Å². The Balaban J connectivity index is 2.47. The van der Waals surface area contributed by atoms with E-state index < -0.39 is 0 Å². The number of thiazole rings is 1. The van der Waals surface area contributed by atoms with Crippen LogP contribution in [0.4, 0.5) is 0 Å². The number of aromatic nitrogens is 1. The summed E-state index contributed by atoms with van der Waals surface area (Å²) in [5, 5.41) is 3.86. The molecule has 0 aliphatic rings. The molecule has 0 fully saturated rings. The van der Waals surface area contributed by atoms with E-state index in [9.17, 15) is 4.79 Å². The van der Waals surface area contributed by atoms with Crippen LogP contribution in [0.25, 0.3) is 0 Å². The van der Waals surface area contributed by atoms with Crippen molar-refractivity contribution in [3.63, 3.8) is 0 Å². The van der Waals surface area contributed by atoms with Crippen LogP contribution in [0.2, 0.25) is 0 Å². The molecule has 3 nitrogen and oxygen atoms in total. The summed E-state index contributed by atoms with van der Waals surface area (Å²) in [7, 11) is 0. The second kappa shape index (κ2) is 4.75. The summed E-state index contributed by atoms with van der Waals surface area (Å²) < 4.78 is 0. The Labute approximate surface area is 94.9 Å². The normalized spacial score (nSPS) is 11.5. The monoisotopic (exact) mass is 226 g/mol. The molecule has 4 heteroatoms. The molecule has 1 aromatic heterocycles. The van der Waals surface area contributed by atoms with Crippen molar-refractivity contribution >= 4 is 17.2 Å². The van der Waals surface area contributed by atoms with E-state index in [0.717, 1.165) is 11.4 Å². The third-order valence-electron chi connectivity index (χ3n) is 2.03. The number of hydrogen-bond donors (Lipinski definition) is 1. The third-order valence-corrected chi connectivity index (χ3v) is 3.17. The highest BCUT2D eigenvalue weighted by Crippen LogP contribution is 2.15. The Morgan fingerprint density at radius 3 is 2.67 bits per heavy atom. The molecular weight excluding hydrogens is 208 g/mol. The molecule has 0 atom stereocenters. The molecule has 0 aromatic carbocycles. The quantitative estimate of drug-likeness (QED) is 0.859. The number of nitrogens with one attached hydrogen (secondary N) is 1. The number of hydrogen-bond acceptors (Lipinski definition) is 3. The minimum absolute atomic E-state index is 0.0655. The van der Waals surface area contributed by atoms with Crippen LogP contribution in [0.1, 0.15) is 37.6 Å². The fraction of sp³-hybridized carbons (Fsp3) is 0.636. The maximum Gasteiger partial charge on any atom is 0.225 e. The lowest BCUT2D eigenvalue weighted by atomic mass is 9.96. The standard InChI is InChI=1S/C11H18N2OS/c1-5-8-6-12-9(15-8)7-13-10(14)11(2,3)4/h6H,5,7H2,1-4H3,(H,13,14). The first-order chi connectivity index (χ1) is 6.93. The number of nitrogens with zero attached hydrogens (tertiary/aromatic N) is 1. The van der Waals surface area contributed by atoms with Crippen LogP contribution < -0.4 is 5.32 Å². The van der Waals surface area contributed by atoms with Gasteiger partial charge < -0.3 is 5.32 Å². The molecule has 1 rings (SSSR count). The fourth-order valence-corrected chi connectivity index (χ4v) is 1.82. The summed E-state index contributed by atoms with van der Waals surface area (Å²) >= 11 is 1.66.